The van der Waals surface area contributed by atoms with E-state index < -0.39 is 0 Å². The summed E-state index contributed by atoms with van der Waals surface area (Å²) in [7, 11) is 0. The summed E-state index contributed by atoms with van der Waals surface area (Å²) < 4.78 is 6.37. The number of ether oxygens (including phenoxy) is 1. The highest BCUT2D eigenvalue weighted by Crippen LogP contribution is 2.36. The van der Waals surface area contributed by atoms with E-state index in [9.17, 15) is 0 Å². The van der Waals surface area contributed by atoms with Crippen LogP contribution < -0.4 is 4.74 Å². The van der Waals surface area contributed by atoms with E-state index in [1.807, 2.05) is 24.3 Å². The normalized spacial score (nSPS) is 20.2. The van der Waals surface area contributed by atoms with E-state index in [-0.39, 0.29) is 11.8 Å². The summed E-state index contributed by atoms with van der Waals surface area (Å²) in [6.07, 6.45) is 29.4. The molecule has 4 nitrogen and oxygen atoms in total. The number of aromatic nitrogens is 3. The van der Waals surface area contributed by atoms with Crippen molar-refractivity contribution in [3.63, 3.8) is 0 Å². The molecule has 0 fully saturated rings. The van der Waals surface area contributed by atoms with Gasteiger partial charge in [0.25, 0.3) is 0 Å². The standard InChI is InChI=1S/C45H43N3O/c1-3-13-32(4-2)33-22-24-34(25-23-33)35-26-28-41(29-27-35)49-42-21-12-19-39(31-42)38-18-11-20-40(30-38)45-47-43(36-14-7-5-8-15-36)46-44(48-45)37-16-9-6-10-17-37/h4-12,14-16,18-22,24-29,31,33,37-38H,3,13,17,23,30H2,1-2H3/b32-4+/t33-,37?,38?/m1/s1. The van der Waals surface area contributed by atoms with Gasteiger partial charge < -0.3 is 4.74 Å². The second kappa shape index (κ2) is 15.3. The summed E-state index contributed by atoms with van der Waals surface area (Å²) in [5, 5.41) is 0. The smallest absolute Gasteiger partial charge is 0.163 e. The highest BCUT2D eigenvalue weighted by molar-refractivity contribution is 5.75. The van der Waals surface area contributed by atoms with Gasteiger partial charge in [0, 0.05) is 23.3 Å². The van der Waals surface area contributed by atoms with Crippen LogP contribution in [0.5, 0.6) is 11.5 Å². The lowest BCUT2D eigenvalue weighted by atomic mass is 9.86. The minimum Gasteiger partial charge on any atom is -0.457 e. The van der Waals surface area contributed by atoms with Gasteiger partial charge in [-0.05, 0) is 79.1 Å². The van der Waals surface area contributed by atoms with E-state index in [0.29, 0.717) is 11.7 Å². The quantitative estimate of drug-likeness (QED) is 0.162. The number of nitrogens with zero attached hydrogens (tertiary/aromatic N) is 3. The maximum absolute atomic E-state index is 6.37. The van der Waals surface area contributed by atoms with Crippen LogP contribution >= 0.6 is 0 Å². The highest BCUT2D eigenvalue weighted by Gasteiger charge is 2.22. The lowest BCUT2D eigenvalue weighted by molar-refractivity contribution is 0.481. The van der Waals surface area contributed by atoms with Gasteiger partial charge in [0.2, 0.25) is 0 Å². The third-order valence-corrected chi connectivity index (χ3v) is 9.56. The predicted molar refractivity (Wildman–Crippen MR) is 202 cm³/mol. The SMILES string of the molecule is C/C=C(\CCC)[C@@H]1C=CC(c2ccc(Oc3cccc(C4C=CC=C(c5nc(-c6ccccc6)nc(C6C=CC=CC6)n5)C4)c3)cc2)=CC1. The topological polar surface area (TPSA) is 47.9 Å². The Kier molecular flexibility index (Phi) is 10.0. The molecule has 0 aliphatic heterocycles. The van der Waals surface area contributed by atoms with Crippen molar-refractivity contribution in [3.05, 3.63) is 174 Å². The second-order valence-corrected chi connectivity index (χ2v) is 12.9. The first-order chi connectivity index (χ1) is 24.2. The Morgan fingerprint density at radius 3 is 2.37 bits per heavy atom. The summed E-state index contributed by atoms with van der Waals surface area (Å²) in [5.74, 6) is 4.77. The molecule has 0 saturated heterocycles. The zero-order valence-corrected chi connectivity index (χ0v) is 28.4. The van der Waals surface area contributed by atoms with Crippen LogP contribution in [0, 0.1) is 5.92 Å². The third-order valence-electron chi connectivity index (χ3n) is 9.56. The van der Waals surface area contributed by atoms with Gasteiger partial charge in [-0.15, -0.1) is 0 Å². The fourth-order valence-corrected chi connectivity index (χ4v) is 6.87. The molecular weight excluding hydrogens is 599 g/mol. The third kappa shape index (κ3) is 7.70. The molecule has 1 aromatic heterocycles. The number of hydrogen-bond acceptors (Lipinski definition) is 4. The maximum atomic E-state index is 6.37. The first kappa shape index (κ1) is 32.2. The van der Waals surface area contributed by atoms with Crippen LogP contribution in [-0.2, 0) is 0 Å². The summed E-state index contributed by atoms with van der Waals surface area (Å²) in [6.45, 7) is 4.41. The van der Waals surface area contributed by atoms with Gasteiger partial charge >= 0.3 is 0 Å². The van der Waals surface area contributed by atoms with E-state index in [4.69, 9.17) is 19.7 Å². The molecule has 3 aromatic carbocycles. The Bertz CT molecular complexity index is 1990. The van der Waals surface area contributed by atoms with E-state index in [1.165, 1.54) is 29.5 Å². The lowest BCUT2D eigenvalue weighted by Crippen LogP contribution is -2.11. The van der Waals surface area contributed by atoms with E-state index in [0.717, 1.165) is 53.5 Å². The summed E-state index contributed by atoms with van der Waals surface area (Å²) in [6, 6.07) is 27.1. The van der Waals surface area contributed by atoms with Crippen molar-refractivity contribution in [1.29, 1.82) is 0 Å². The van der Waals surface area contributed by atoms with Crippen LogP contribution in [0.1, 0.15) is 80.6 Å². The largest absolute Gasteiger partial charge is 0.457 e. The summed E-state index contributed by atoms with van der Waals surface area (Å²) in [4.78, 5) is 14.9. The molecule has 0 spiro atoms. The van der Waals surface area contributed by atoms with E-state index in [1.54, 1.807) is 5.57 Å². The second-order valence-electron chi connectivity index (χ2n) is 12.9. The van der Waals surface area contributed by atoms with Gasteiger partial charge in [0.05, 0.1) is 0 Å². The van der Waals surface area contributed by atoms with Crippen LogP contribution in [-0.4, -0.2) is 15.0 Å². The van der Waals surface area contributed by atoms with Crippen LogP contribution in [0.3, 0.4) is 0 Å². The number of rotatable bonds is 10. The number of benzene rings is 3. The Hall–Kier alpha value is -5.35. The highest BCUT2D eigenvalue weighted by atomic mass is 16.5. The summed E-state index contributed by atoms with van der Waals surface area (Å²) in [5.41, 5.74) is 7.33. The van der Waals surface area contributed by atoms with Crippen LogP contribution in [0.25, 0.3) is 22.5 Å². The van der Waals surface area contributed by atoms with Crippen LogP contribution in [0.15, 0.2) is 151 Å². The zero-order chi connectivity index (χ0) is 33.4. The lowest BCUT2D eigenvalue weighted by Gasteiger charge is -2.20. The molecule has 3 atom stereocenters. The Morgan fingerprint density at radius 2 is 1.61 bits per heavy atom. The molecule has 1 heterocycles. The average molecular weight is 642 g/mol. The molecule has 0 bridgehead atoms. The average Bonchev–Trinajstić information content (AvgIpc) is 3.18. The molecule has 244 valence electrons. The molecule has 0 saturated carbocycles. The predicted octanol–water partition coefficient (Wildman–Crippen LogP) is 11.8. The molecule has 3 aliphatic rings. The van der Waals surface area contributed by atoms with Gasteiger partial charge in [-0.1, -0.05) is 140 Å². The maximum Gasteiger partial charge on any atom is 0.163 e. The molecule has 0 radical (unpaired) electrons. The van der Waals surface area contributed by atoms with Crippen molar-refractivity contribution in [3.8, 4) is 22.9 Å². The fraction of sp³-hybridized carbons (Fsp3) is 0.222. The Morgan fingerprint density at radius 1 is 0.776 bits per heavy atom. The first-order valence-electron chi connectivity index (χ1n) is 17.6. The van der Waals surface area contributed by atoms with Crippen molar-refractivity contribution in [1.82, 2.24) is 15.0 Å². The van der Waals surface area contributed by atoms with Gasteiger partial charge in [0.15, 0.2) is 11.6 Å². The molecule has 0 amide bonds. The van der Waals surface area contributed by atoms with Crippen molar-refractivity contribution in [2.45, 2.75) is 57.8 Å². The van der Waals surface area contributed by atoms with Crippen molar-refractivity contribution in [2.24, 2.45) is 5.92 Å². The molecule has 2 unspecified atom stereocenters. The summed E-state index contributed by atoms with van der Waals surface area (Å²) >= 11 is 0. The fourth-order valence-electron chi connectivity index (χ4n) is 6.87. The minimum absolute atomic E-state index is 0.137. The van der Waals surface area contributed by atoms with E-state index in [2.05, 4.69) is 135 Å². The molecule has 7 rings (SSSR count). The molecular formula is C45H43N3O. The Balaban J connectivity index is 1.05. The monoisotopic (exact) mass is 641 g/mol. The van der Waals surface area contributed by atoms with Gasteiger partial charge in [0.1, 0.15) is 17.3 Å². The molecule has 3 aliphatic carbocycles. The van der Waals surface area contributed by atoms with Gasteiger partial charge in [-0.25, -0.2) is 15.0 Å². The number of hydrogen-bond donors (Lipinski definition) is 0. The van der Waals surface area contributed by atoms with E-state index >= 15 is 0 Å². The van der Waals surface area contributed by atoms with Crippen molar-refractivity contribution >= 4 is 11.1 Å². The van der Waals surface area contributed by atoms with Crippen molar-refractivity contribution < 1.29 is 4.74 Å². The first-order valence-corrected chi connectivity index (χ1v) is 17.6. The zero-order valence-electron chi connectivity index (χ0n) is 28.4. The van der Waals surface area contributed by atoms with Crippen LogP contribution in [0.2, 0.25) is 0 Å². The van der Waals surface area contributed by atoms with Crippen molar-refractivity contribution in [2.75, 3.05) is 0 Å². The molecule has 0 N–H and O–H groups in total. The Labute approximate surface area is 290 Å². The minimum atomic E-state index is 0.137. The van der Waals surface area contributed by atoms with Gasteiger partial charge in [-0.3, -0.25) is 0 Å². The molecule has 49 heavy (non-hydrogen) atoms. The molecule has 4 heteroatoms. The number of allylic oxidation sites excluding steroid dienone is 14. The van der Waals surface area contributed by atoms with Gasteiger partial charge in [-0.2, -0.15) is 0 Å². The molecule has 4 aromatic rings. The van der Waals surface area contributed by atoms with Crippen LogP contribution in [0.4, 0.5) is 0 Å².